The fourth-order valence-corrected chi connectivity index (χ4v) is 2.09. The van der Waals surface area contributed by atoms with Gasteiger partial charge >= 0.3 is 0 Å². The van der Waals surface area contributed by atoms with E-state index >= 15 is 0 Å². The van der Waals surface area contributed by atoms with Crippen molar-refractivity contribution in [2.75, 3.05) is 18.6 Å². The molecule has 1 aromatic carbocycles. The quantitative estimate of drug-likeness (QED) is 0.767. The van der Waals surface area contributed by atoms with Gasteiger partial charge in [0.15, 0.2) is 0 Å². The second-order valence-corrected chi connectivity index (χ2v) is 5.39. The molecule has 0 unspecified atom stereocenters. The van der Waals surface area contributed by atoms with E-state index in [0.29, 0.717) is 5.41 Å². The van der Waals surface area contributed by atoms with Crippen LogP contribution in [0.15, 0.2) is 36.5 Å². The van der Waals surface area contributed by atoms with Crippen LogP contribution in [-0.4, -0.2) is 13.7 Å². The monoisotopic (exact) mass is 231 g/mol. The molecule has 0 fully saturated rings. The summed E-state index contributed by atoms with van der Waals surface area (Å²) in [7, 11) is 1.70. The molecule has 92 valence electrons. The molecule has 1 aliphatic heterocycles. The Morgan fingerprint density at radius 3 is 2.53 bits per heavy atom. The van der Waals surface area contributed by atoms with E-state index in [0.717, 1.165) is 18.7 Å². The first-order valence-electron chi connectivity index (χ1n) is 6.18. The van der Waals surface area contributed by atoms with E-state index in [-0.39, 0.29) is 0 Å². The minimum atomic E-state index is 0.414. The number of allylic oxidation sites excluding steroid dienone is 1. The molecule has 0 N–H and O–H groups in total. The molecule has 0 aliphatic carbocycles. The van der Waals surface area contributed by atoms with E-state index in [1.165, 1.54) is 12.1 Å². The molecule has 0 aromatic heterocycles. The van der Waals surface area contributed by atoms with E-state index in [1.807, 2.05) is 12.1 Å². The summed E-state index contributed by atoms with van der Waals surface area (Å²) in [5, 5.41) is 0. The van der Waals surface area contributed by atoms with Crippen LogP contribution in [0.2, 0.25) is 0 Å². The van der Waals surface area contributed by atoms with Gasteiger partial charge in [0.05, 0.1) is 7.11 Å². The highest BCUT2D eigenvalue weighted by atomic mass is 16.5. The molecule has 17 heavy (non-hydrogen) atoms. The van der Waals surface area contributed by atoms with Gasteiger partial charge in [-0.05, 0) is 42.5 Å². The zero-order valence-electron chi connectivity index (χ0n) is 10.9. The first-order valence-corrected chi connectivity index (χ1v) is 6.18. The normalized spacial score (nSPS) is 18.9. The molecule has 1 aliphatic rings. The Labute approximate surface area is 104 Å². The van der Waals surface area contributed by atoms with Crippen LogP contribution in [0.3, 0.4) is 0 Å². The minimum Gasteiger partial charge on any atom is -0.497 e. The Morgan fingerprint density at radius 2 is 1.88 bits per heavy atom. The van der Waals surface area contributed by atoms with Crippen LogP contribution in [0.4, 0.5) is 5.69 Å². The van der Waals surface area contributed by atoms with E-state index in [2.05, 4.69) is 43.2 Å². The summed E-state index contributed by atoms with van der Waals surface area (Å²) in [5.74, 6) is 0.910. The number of nitrogens with zero attached hydrogens (tertiary/aromatic N) is 1. The maximum atomic E-state index is 5.18. The summed E-state index contributed by atoms with van der Waals surface area (Å²) in [6, 6.07) is 8.25. The van der Waals surface area contributed by atoms with Crippen LogP contribution < -0.4 is 9.64 Å². The second-order valence-electron chi connectivity index (χ2n) is 5.39. The molecule has 2 nitrogen and oxygen atoms in total. The Kier molecular flexibility index (Phi) is 3.41. The Balaban J connectivity index is 2.12. The number of benzene rings is 1. The third-order valence-electron chi connectivity index (χ3n) is 3.39. The third kappa shape index (κ3) is 3.02. The Hall–Kier alpha value is -1.44. The largest absolute Gasteiger partial charge is 0.497 e. The van der Waals surface area contributed by atoms with Crippen molar-refractivity contribution >= 4 is 5.69 Å². The lowest BCUT2D eigenvalue weighted by Crippen LogP contribution is -2.20. The van der Waals surface area contributed by atoms with Gasteiger partial charge in [-0.2, -0.15) is 0 Å². The highest BCUT2D eigenvalue weighted by molar-refractivity contribution is 5.51. The van der Waals surface area contributed by atoms with Gasteiger partial charge in [0.2, 0.25) is 0 Å². The molecule has 1 heterocycles. The molecule has 2 heteroatoms. The summed E-state index contributed by atoms with van der Waals surface area (Å²) in [6.07, 6.45) is 6.85. The molecular formula is C15H21NO. The summed E-state index contributed by atoms with van der Waals surface area (Å²) in [6.45, 7) is 5.74. The average molecular weight is 231 g/mol. The molecule has 2 rings (SSSR count). The van der Waals surface area contributed by atoms with Gasteiger partial charge in [0.25, 0.3) is 0 Å². The Morgan fingerprint density at radius 1 is 1.18 bits per heavy atom. The fraction of sp³-hybridized carbons (Fsp3) is 0.467. The van der Waals surface area contributed by atoms with Crippen molar-refractivity contribution in [2.24, 2.45) is 5.41 Å². The van der Waals surface area contributed by atoms with Gasteiger partial charge in [0, 0.05) is 18.4 Å². The van der Waals surface area contributed by atoms with Crippen molar-refractivity contribution in [1.82, 2.24) is 0 Å². The van der Waals surface area contributed by atoms with Crippen molar-refractivity contribution in [1.29, 1.82) is 0 Å². The maximum Gasteiger partial charge on any atom is 0.119 e. The molecule has 0 atom stereocenters. The van der Waals surface area contributed by atoms with Crippen molar-refractivity contribution in [3.63, 3.8) is 0 Å². The predicted octanol–water partition coefficient (Wildman–Crippen LogP) is 3.84. The first-order chi connectivity index (χ1) is 8.11. The maximum absolute atomic E-state index is 5.18. The molecule has 0 saturated carbocycles. The fourth-order valence-electron chi connectivity index (χ4n) is 2.09. The topological polar surface area (TPSA) is 12.5 Å². The standard InChI is InChI=1S/C15H21NO/c1-15(2)9-4-11-16(12-10-15)13-5-7-14(17-3)8-6-13/h4-8,11H,9-10,12H2,1-3H3. The highest BCUT2D eigenvalue weighted by Gasteiger charge is 2.20. The zero-order chi connectivity index (χ0) is 12.3. The van der Waals surface area contributed by atoms with Crippen LogP contribution in [-0.2, 0) is 0 Å². The molecule has 0 saturated heterocycles. The number of methoxy groups -OCH3 is 1. The highest BCUT2D eigenvalue weighted by Crippen LogP contribution is 2.30. The van der Waals surface area contributed by atoms with E-state index < -0.39 is 0 Å². The van der Waals surface area contributed by atoms with Gasteiger partial charge in [-0.1, -0.05) is 19.9 Å². The Bertz CT molecular complexity index is 392. The number of ether oxygens (including phenoxy) is 1. The second kappa shape index (κ2) is 4.82. The molecule has 0 amide bonds. The van der Waals surface area contributed by atoms with E-state index in [4.69, 9.17) is 4.74 Å². The van der Waals surface area contributed by atoms with Crippen molar-refractivity contribution in [2.45, 2.75) is 26.7 Å². The summed E-state index contributed by atoms with van der Waals surface area (Å²) < 4.78 is 5.18. The van der Waals surface area contributed by atoms with Crippen molar-refractivity contribution in [3.8, 4) is 5.75 Å². The lowest BCUT2D eigenvalue weighted by atomic mass is 9.86. The number of anilines is 1. The number of rotatable bonds is 2. The van der Waals surface area contributed by atoms with Gasteiger partial charge in [-0.15, -0.1) is 0 Å². The predicted molar refractivity (Wildman–Crippen MR) is 72.5 cm³/mol. The minimum absolute atomic E-state index is 0.414. The first kappa shape index (κ1) is 12.0. The summed E-state index contributed by atoms with van der Waals surface area (Å²) >= 11 is 0. The van der Waals surface area contributed by atoms with Crippen LogP contribution >= 0.6 is 0 Å². The van der Waals surface area contributed by atoms with Crippen LogP contribution in [0.5, 0.6) is 5.75 Å². The molecule has 1 aromatic rings. The summed E-state index contributed by atoms with van der Waals surface area (Å²) in [4.78, 5) is 2.31. The molecule has 0 bridgehead atoms. The van der Waals surface area contributed by atoms with Crippen LogP contribution in [0, 0.1) is 5.41 Å². The average Bonchev–Trinajstić information content (AvgIpc) is 2.50. The molecule has 0 spiro atoms. The SMILES string of the molecule is COc1ccc(N2C=CCC(C)(C)CC2)cc1. The van der Waals surface area contributed by atoms with Crippen LogP contribution in [0.1, 0.15) is 26.7 Å². The van der Waals surface area contributed by atoms with Gasteiger partial charge < -0.3 is 9.64 Å². The number of hydrogen-bond acceptors (Lipinski definition) is 2. The molecule has 0 radical (unpaired) electrons. The van der Waals surface area contributed by atoms with Crippen molar-refractivity contribution in [3.05, 3.63) is 36.5 Å². The molecular weight excluding hydrogens is 210 g/mol. The lowest BCUT2D eigenvalue weighted by molar-refractivity contribution is 0.351. The van der Waals surface area contributed by atoms with Crippen molar-refractivity contribution < 1.29 is 4.74 Å². The smallest absolute Gasteiger partial charge is 0.119 e. The van der Waals surface area contributed by atoms with Crippen LogP contribution in [0.25, 0.3) is 0 Å². The van der Waals surface area contributed by atoms with Gasteiger partial charge in [0.1, 0.15) is 5.75 Å². The van der Waals surface area contributed by atoms with Gasteiger partial charge in [-0.25, -0.2) is 0 Å². The zero-order valence-corrected chi connectivity index (χ0v) is 10.9. The third-order valence-corrected chi connectivity index (χ3v) is 3.39. The van der Waals surface area contributed by atoms with E-state index in [9.17, 15) is 0 Å². The van der Waals surface area contributed by atoms with Gasteiger partial charge in [-0.3, -0.25) is 0 Å². The number of hydrogen-bond donors (Lipinski definition) is 0. The summed E-state index contributed by atoms with van der Waals surface area (Å²) in [5.41, 5.74) is 1.65. The van der Waals surface area contributed by atoms with E-state index in [1.54, 1.807) is 7.11 Å². The lowest BCUT2D eigenvalue weighted by Gasteiger charge is -2.24.